The quantitative estimate of drug-likeness (QED) is 0.925. The van der Waals surface area contributed by atoms with Crippen LogP contribution in [0.25, 0.3) is 0 Å². The zero-order valence-corrected chi connectivity index (χ0v) is 13.8. The molecule has 0 aromatic heterocycles. The summed E-state index contributed by atoms with van der Waals surface area (Å²) in [4.78, 5) is 4.76. The lowest BCUT2D eigenvalue weighted by Crippen LogP contribution is -2.53. The van der Waals surface area contributed by atoms with Crippen LogP contribution in [0.1, 0.15) is 25.7 Å². The summed E-state index contributed by atoms with van der Waals surface area (Å²) in [6.07, 6.45) is 3.23. The number of benzene rings is 1. The van der Waals surface area contributed by atoms with Gasteiger partial charge in [0.2, 0.25) is 0 Å². The molecule has 2 fully saturated rings. The van der Waals surface area contributed by atoms with Gasteiger partial charge < -0.3 is 14.7 Å². The van der Waals surface area contributed by atoms with Crippen LogP contribution in [0.15, 0.2) is 24.3 Å². The molecule has 1 saturated heterocycles. The van der Waals surface area contributed by atoms with E-state index in [1.165, 1.54) is 12.1 Å². The molecule has 5 heteroatoms. The van der Waals surface area contributed by atoms with E-state index in [-0.39, 0.29) is 18.0 Å². The molecule has 23 heavy (non-hydrogen) atoms. The average Bonchev–Trinajstić information content (AvgIpc) is 2.74. The number of likely N-dealkylation sites (N-methyl/N-ethyl adjacent to an activating group) is 1. The molecular weight excluding hydrogens is 295 g/mol. The Morgan fingerprint density at radius 3 is 2.83 bits per heavy atom. The van der Waals surface area contributed by atoms with E-state index in [0.717, 1.165) is 51.9 Å². The van der Waals surface area contributed by atoms with Crippen molar-refractivity contribution in [2.45, 2.75) is 43.9 Å². The highest BCUT2D eigenvalue weighted by molar-refractivity contribution is 5.23. The summed E-state index contributed by atoms with van der Waals surface area (Å²) in [6.45, 7) is 4.17. The topological polar surface area (TPSA) is 35.9 Å². The smallest absolute Gasteiger partial charge is 0.126 e. The van der Waals surface area contributed by atoms with E-state index < -0.39 is 6.10 Å². The number of ether oxygens (including phenoxy) is 1. The molecule has 0 spiro atoms. The molecule has 3 atom stereocenters. The lowest BCUT2D eigenvalue weighted by molar-refractivity contribution is -0.0525. The van der Waals surface area contributed by atoms with Gasteiger partial charge in [-0.25, -0.2) is 4.39 Å². The van der Waals surface area contributed by atoms with Gasteiger partial charge in [0.15, 0.2) is 0 Å². The molecule has 1 aromatic rings. The van der Waals surface area contributed by atoms with E-state index in [9.17, 15) is 9.50 Å². The van der Waals surface area contributed by atoms with Crippen molar-refractivity contribution in [1.82, 2.24) is 9.80 Å². The van der Waals surface area contributed by atoms with Gasteiger partial charge in [0.25, 0.3) is 0 Å². The van der Waals surface area contributed by atoms with E-state index in [1.807, 2.05) is 0 Å². The maximum Gasteiger partial charge on any atom is 0.126 e. The molecule has 1 aromatic carbocycles. The van der Waals surface area contributed by atoms with E-state index in [0.29, 0.717) is 5.75 Å². The third-order valence-electron chi connectivity index (χ3n) is 5.07. The zero-order chi connectivity index (χ0) is 16.2. The Balaban J connectivity index is 1.64. The van der Waals surface area contributed by atoms with Crippen molar-refractivity contribution in [1.29, 1.82) is 0 Å². The second kappa shape index (κ2) is 7.60. The maximum atomic E-state index is 13.3. The summed E-state index contributed by atoms with van der Waals surface area (Å²) in [5.74, 6) is 0.199. The van der Waals surface area contributed by atoms with Crippen molar-refractivity contribution in [2.24, 2.45) is 0 Å². The van der Waals surface area contributed by atoms with E-state index in [4.69, 9.17) is 4.74 Å². The highest BCUT2D eigenvalue weighted by Crippen LogP contribution is 2.28. The summed E-state index contributed by atoms with van der Waals surface area (Å²) >= 11 is 0. The highest BCUT2D eigenvalue weighted by atomic mass is 19.1. The summed E-state index contributed by atoms with van der Waals surface area (Å²) in [7, 11) is 2.15. The molecule has 1 aliphatic carbocycles. The number of rotatable bonds is 3. The van der Waals surface area contributed by atoms with Crippen molar-refractivity contribution in [3.8, 4) is 5.75 Å². The van der Waals surface area contributed by atoms with Crippen LogP contribution in [0.3, 0.4) is 0 Å². The van der Waals surface area contributed by atoms with Gasteiger partial charge in [0.05, 0.1) is 0 Å². The fourth-order valence-corrected chi connectivity index (χ4v) is 3.76. The minimum absolute atomic E-state index is 0.147. The predicted octanol–water partition coefficient (Wildman–Crippen LogP) is 2.12. The minimum atomic E-state index is -0.518. The summed E-state index contributed by atoms with van der Waals surface area (Å²) in [6, 6.07) is 6.33. The van der Waals surface area contributed by atoms with Crippen molar-refractivity contribution in [3.63, 3.8) is 0 Å². The van der Waals surface area contributed by atoms with Crippen LogP contribution in [-0.2, 0) is 0 Å². The predicted molar refractivity (Wildman–Crippen MR) is 88.1 cm³/mol. The molecule has 1 N–H and O–H groups in total. The fourth-order valence-electron chi connectivity index (χ4n) is 3.76. The Morgan fingerprint density at radius 2 is 2.00 bits per heavy atom. The largest absolute Gasteiger partial charge is 0.488 e. The first-order chi connectivity index (χ1) is 11.1. The Bertz CT molecular complexity index is 514. The molecule has 4 nitrogen and oxygen atoms in total. The average molecular weight is 322 g/mol. The van der Waals surface area contributed by atoms with E-state index in [2.05, 4.69) is 16.8 Å². The zero-order valence-electron chi connectivity index (χ0n) is 13.8. The third-order valence-corrected chi connectivity index (χ3v) is 5.07. The molecule has 0 radical (unpaired) electrons. The van der Waals surface area contributed by atoms with Gasteiger partial charge in [-0.3, -0.25) is 4.90 Å². The molecule has 0 amide bonds. The van der Waals surface area contributed by atoms with Gasteiger partial charge in [-0.2, -0.15) is 0 Å². The molecule has 0 bridgehead atoms. The Hall–Kier alpha value is -1.17. The van der Waals surface area contributed by atoms with Crippen molar-refractivity contribution < 1.29 is 14.2 Å². The van der Waals surface area contributed by atoms with Gasteiger partial charge in [-0.1, -0.05) is 6.07 Å². The second-order valence-corrected chi connectivity index (χ2v) is 6.80. The van der Waals surface area contributed by atoms with Crippen LogP contribution in [0.5, 0.6) is 5.75 Å². The van der Waals surface area contributed by atoms with Crippen molar-refractivity contribution in [2.75, 3.05) is 33.2 Å². The van der Waals surface area contributed by atoms with Gasteiger partial charge >= 0.3 is 0 Å². The van der Waals surface area contributed by atoms with Crippen molar-refractivity contribution in [3.05, 3.63) is 30.1 Å². The van der Waals surface area contributed by atoms with Crippen molar-refractivity contribution >= 4 is 0 Å². The second-order valence-electron chi connectivity index (χ2n) is 6.80. The van der Waals surface area contributed by atoms with E-state index in [1.54, 1.807) is 12.1 Å². The van der Waals surface area contributed by atoms with Crippen LogP contribution >= 0.6 is 0 Å². The van der Waals surface area contributed by atoms with Crippen LogP contribution in [0, 0.1) is 5.82 Å². The van der Waals surface area contributed by atoms with Gasteiger partial charge in [-0.15, -0.1) is 0 Å². The number of aliphatic hydroxyl groups is 1. The SMILES string of the molecule is CN1CCCN([C@H]2CCC[C@@H](Oc3cccc(F)c3)[C@@H]2O)CC1. The normalized spacial score (nSPS) is 30.8. The molecule has 0 unspecified atom stereocenters. The first-order valence-electron chi connectivity index (χ1n) is 8.66. The van der Waals surface area contributed by atoms with Gasteiger partial charge in [0, 0.05) is 25.2 Å². The summed E-state index contributed by atoms with van der Waals surface area (Å²) in [5, 5.41) is 10.8. The summed E-state index contributed by atoms with van der Waals surface area (Å²) in [5.41, 5.74) is 0. The molecule has 2 aliphatic rings. The Morgan fingerprint density at radius 1 is 1.13 bits per heavy atom. The van der Waals surface area contributed by atoms with Crippen LogP contribution in [0.4, 0.5) is 4.39 Å². The first-order valence-corrected chi connectivity index (χ1v) is 8.66. The number of aliphatic hydroxyl groups excluding tert-OH is 1. The molecule has 1 saturated carbocycles. The third kappa shape index (κ3) is 4.22. The molecule has 1 heterocycles. The van der Waals surface area contributed by atoms with Gasteiger partial charge in [0.1, 0.15) is 23.8 Å². The van der Waals surface area contributed by atoms with Crippen LogP contribution in [0.2, 0.25) is 0 Å². The molecular formula is C18H27FN2O2. The highest BCUT2D eigenvalue weighted by Gasteiger charge is 2.37. The van der Waals surface area contributed by atoms with Gasteiger partial charge in [-0.05, 0) is 58.0 Å². The standard InChI is InChI=1S/C18H27FN2O2/c1-20-9-4-10-21(12-11-20)16-7-3-8-17(18(16)22)23-15-6-2-5-14(19)13-15/h2,5-6,13,16-18,22H,3-4,7-12H2,1H3/t16-,17+,18+/m0/s1. The fraction of sp³-hybridized carbons (Fsp3) is 0.667. The number of hydrogen-bond acceptors (Lipinski definition) is 4. The Kier molecular flexibility index (Phi) is 5.51. The minimum Gasteiger partial charge on any atom is -0.488 e. The lowest BCUT2D eigenvalue weighted by atomic mass is 9.88. The van der Waals surface area contributed by atoms with E-state index >= 15 is 0 Å². The number of nitrogens with zero attached hydrogens (tertiary/aromatic N) is 2. The molecule has 1 aliphatic heterocycles. The number of halogens is 1. The number of hydrogen-bond donors (Lipinski definition) is 1. The lowest BCUT2D eigenvalue weighted by Gasteiger charge is -2.41. The Labute approximate surface area is 137 Å². The first kappa shape index (κ1) is 16.7. The van der Waals surface area contributed by atoms with Crippen LogP contribution in [-0.4, -0.2) is 66.4 Å². The molecule has 128 valence electrons. The summed E-state index contributed by atoms with van der Waals surface area (Å²) < 4.78 is 19.2. The monoisotopic (exact) mass is 322 g/mol. The maximum absolute atomic E-state index is 13.3. The molecule has 3 rings (SSSR count). The van der Waals surface area contributed by atoms with Crippen LogP contribution < -0.4 is 4.74 Å².